The summed E-state index contributed by atoms with van der Waals surface area (Å²) < 4.78 is 0. The van der Waals surface area contributed by atoms with Crippen LogP contribution in [0.1, 0.15) is 32.4 Å². The lowest BCUT2D eigenvalue weighted by Gasteiger charge is -2.25. The van der Waals surface area contributed by atoms with Crippen molar-refractivity contribution in [2.45, 2.75) is 38.7 Å². The molecule has 1 rings (SSSR count). The zero-order valence-electron chi connectivity index (χ0n) is 10.2. The fraction of sp³-hybridized carbons (Fsp3) is 0.636. The number of amides is 1. The van der Waals surface area contributed by atoms with Gasteiger partial charge in [-0.3, -0.25) is 4.79 Å². The molecule has 0 aliphatic carbocycles. The number of nitrogens with zero attached hydrogens (tertiary/aromatic N) is 1. The predicted octanol–water partition coefficient (Wildman–Crippen LogP) is 0.935. The number of nitrogens with one attached hydrogen (secondary N) is 1. The molecule has 1 aromatic rings. The Hall–Kier alpha value is -1.14. The third-order valence-corrected chi connectivity index (χ3v) is 3.56. The van der Waals surface area contributed by atoms with Gasteiger partial charge >= 0.3 is 0 Å². The average Bonchev–Trinajstić information content (AvgIpc) is 2.72. The Morgan fingerprint density at radius 2 is 2.24 bits per heavy atom. The second-order valence-electron chi connectivity index (χ2n) is 4.06. The van der Waals surface area contributed by atoms with Crippen molar-refractivity contribution < 1.29 is 9.90 Å². The van der Waals surface area contributed by atoms with E-state index in [-0.39, 0.29) is 18.9 Å². The molecule has 0 saturated heterocycles. The predicted molar refractivity (Wildman–Crippen MR) is 68.8 cm³/mol. The number of aromatic nitrogens is 1. The summed E-state index contributed by atoms with van der Waals surface area (Å²) in [5.74, 6) is -0.143. The quantitative estimate of drug-likeness (QED) is 0.707. The first-order valence-electron chi connectivity index (χ1n) is 5.68. The van der Waals surface area contributed by atoms with Crippen molar-refractivity contribution in [1.29, 1.82) is 0 Å². The number of anilines is 1. The molecule has 96 valence electrons. The van der Waals surface area contributed by atoms with Crippen molar-refractivity contribution in [3.8, 4) is 0 Å². The van der Waals surface area contributed by atoms with E-state index in [1.807, 2.05) is 13.8 Å². The minimum atomic E-state index is -0.809. The zero-order valence-corrected chi connectivity index (χ0v) is 11.0. The Balaban J connectivity index is 2.40. The van der Waals surface area contributed by atoms with Crippen molar-refractivity contribution in [2.75, 3.05) is 12.3 Å². The Morgan fingerprint density at radius 1 is 1.59 bits per heavy atom. The molecule has 1 heterocycles. The number of carbonyl (C=O) groups excluding carboxylic acids is 1. The summed E-state index contributed by atoms with van der Waals surface area (Å²) in [6.45, 7) is 4.08. The number of carbonyl (C=O) groups is 1. The summed E-state index contributed by atoms with van der Waals surface area (Å²) in [6.07, 6.45) is 1.44. The molecule has 0 bridgehead atoms. The third-order valence-electron chi connectivity index (χ3n) is 2.84. The summed E-state index contributed by atoms with van der Waals surface area (Å²) in [4.78, 5) is 15.6. The van der Waals surface area contributed by atoms with Gasteiger partial charge < -0.3 is 16.2 Å². The first-order chi connectivity index (χ1) is 7.99. The van der Waals surface area contributed by atoms with Gasteiger partial charge in [0.25, 0.3) is 0 Å². The lowest BCUT2D eigenvalue weighted by atomic mass is 9.97. The molecule has 6 heteroatoms. The second-order valence-corrected chi connectivity index (χ2v) is 4.95. The zero-order chi connectivity index (χ0) is 12.9. The van der Waals surface area contributed by atoms with Crippen LogP contribution in [-0.4, -0.2) is 28.1 Å². The largest absolute Gasteiger partial charge is 0.388 e. The van der Waals surface area contributed by atoms with Gasteiger partial charge in [0.1, 0.15) is 0 Å². The van der Waals surface area contributed by atoms with Crippen LogP contribution in [-0.2, 0) is 11.2 Å². The van der Waals surface area contributed by atoms with E-state index in [0.29, 0.717) is 23.7 Å². The van der Waals surface area contributed by atoms with E-state index in [4.69, 9.17) is 5.73 Å². The van der Waals surface area contributed by atoms with Gasteiger partial charge in [0.15, 0.2) is 5.13 Å². The molecule has 17 heavy (non-hydrogen) atoms. The number of hydrogen-bond donors (Lipinski definition) is 3. The van der Waals surface area contributed by atoms with E-state index in [1.165, 1.54) is 11.3 Å². The second kappa shape index (κ2) is 5.97. The molecular weight excluding hydrogens is 238 g/mol. The molecule has 0 aliphatic heterocycles. The van der Waals surface area contributed by atoms with E-state index in [0.717, 1.165) is 0 Å². The molecule has 0 aliphatic rings. The normalized spacial score (nSPS) is 11.5. The van der Waals surface area contributed by atoms with Gasteiger partial charge in [-0.25, -0.2) is 4.98 Å². The highest BCUT2D eigenvalue weighted by Crippen LogP contribution is 2.14. The molecule has 0 fully saturated rings. The molecule has 0 saturated carbocycles. The number of hydrogen-bond acceptors (Lipinski definition) is 5. The number of nitrogen functional groups attached to an aromatic ring is 1. The fourth-order valence-electron chi connectivity index (χ4n) is 1.39. The highest BCUT2D eigenvalue weighted by Gasteiger charge is 2.22. The molecule has 5 nitrogen and oxygen atoms in total. The molecule has 0 unspecified atom stereocenters. The minimum Gasteiger partial charge on any atom is -0.388 e. The molecule has 1 aromatic heterocycles. The van der Waals surface area contributed by atoms with E-state index >= 15 is 0 Å². The Morgan fingerprint density at radius 3 is 2.71 bits per heavy atom. The van der Waals surface area contributed by atoms with Crippen LogP contribution in [0.15, 0.2) is 5.38 Å². The summed E-state index contributed by atoms with van der Waals surface area (Å²) in [7, 11) is 0. The van der Waals surface area contributed by atoms with Crippen LogP contribution in [0.2, 0.25) is 0 Å². The summed E-state index contributed by atoms with van der Waals surface area (Å²) in [6, 6.07) is 0. The maximum absolute atomic E-state index is 11.6. The van der Waals surface area contributed by atoms with Gasteiger partial charge in [-0.05, 0) is 12.8 Å². The van der Waals surface area contributed by atoms with Crippen LogP contribution >= 0.6 is 11.3 Å². The van der Waals surface area contributed by atoms with Crippen LogP contribution in [0.4, 0.5) is 5.13 Å². The maximum Gasteiger partial charge on any atom is 0.226 e. The topological polar surface area (TPSA) is 88.2 Å². The van der Waals surface area contributed by atoms with Crippen molar-refractivity contribution >= 4 is 22.4 Å². The van der Waals surface area contributed by atoms with E-state index in [1.54, 1.807) is 5.38 Å². The van der Waals surface area contributed by atoms with E-state index in [9.17, 15) is 9.90 Å². The van der Waals surface area contributed by atoms with Crippen LogP contribution in [0.5, 0.6) is 0 Å². The van der Waals surface area contributed by atoms with Crippen LogP contribution in [0, 0.1) is 0 Å². The van der Waals surface area contributed by atoms with Crippen molar-refractivity contribution in [2.24, 2.45) is 0 Å². The van der Waals surface area contributed by atoms with Gasteiger partial charge in [0.2, 0.25) is 5.91 Å². The molecule has 0 spiro atoms. The molecule has 0 aromatic carbocycles. The Labute approximate surface area is 105 Å². The van der Waals surface area contributed by atoms with E-state index in [2.05, 4.69) is 10.3 Å². The Kier molecular flexibility index (Phi) is 4.89. The molecular formula is C11H19N3O2S. The van der Waals surface area contributed by atoms with Crippen molar-refractivity contribution in [3.05, 3.63) is 11.1 Å². The summed E-state index contributed by atoms with van der Waals surface area (Å²) >= 11 is 1.32. The SMILES string of the molecule is CCC(O)(CC)CNC(=O)Cc1csc(N)n1. The highest BCUT2D eigenvalue weighted by atomic mass is 32.1. The van der Waals surface area contributed by atoms with Gasteiger partial charge in [-0.15, -0.1) is 11.3 Å². The van der Waals surface area contributed by atoms with Crippen LogP contribution in [0.25, 0.3) is 0 Å². The lowest BCUT2D eigenvalue weighted by Crippen LogP contribution is -2.42. The first kappa shape index (κ1) is 13.9. The van der Waals surface area contributed by atoms with Gasteiger partial charge in [0.05, 0.1) is 17.7 Å². The standard InChI is InChI=1S/C11H19N3O2S/c1-3-11(16,4-2)7-13-9(15)5-8-6-17-10(12)14-8/h6,16H,3-5,7H2,1-2H3,(H2,12,14)(H,13,15). The van der Waals surface area contributed by atoms with Gasteiger partial charge in [-0.1, -0.05) is 13.8 Å². The first-order valence-corrected chi connectivity index (χ1v) is 6.56. The number of nitrogens with two attached hydrogens (primary N) is 1. The third kappa shape index (κ3) is 4.32. The molecule has 0 atom stereocenters. The monoisotopic (exact) mass is 257 g/mol. The van der Waals surface area contributed by atoms with Gasteiger partial charge in [0, 0.05) is 11.9 Å². The minimum absolute atomic E-state index is 0.143. The van der Waals surface area contributed by atoms with Crippen molar-refractivity contribution in [3.63, 3.8) is 0 Å². The molecule has 4 N–H and O–H groups in total. The average molecular weight is 257 g/mol. The summed E-state index contributed by atoms with van der Waals surface area (Å²) in [5, 5.41) is 14.9. The van der Waals surface area contributed by atoms with Crippen LogP contribution < -0.4 is 11.1 Å². The molecule has 1 amide bonds. The number of rotatable bonds is 6. The highest BCUT2D eigenvalue weighted by molar-refractivity contribution is 7.13. The Bertz CT molecular complexity index is 375. The van der Waals surface area contributed by atoms with E-state index < -0.39 is 5.60 Å². The smallest absolute Gasteiger partial charge is 0.226 e. The number of thiazole rings is 1. The fourth-order valence-corrected chi connectivity index (χ4v) is 1.96. The molecule has 0 radical (unpaired) electrons. The maximum atomic E-state index is 11.6. The van der Waals surface area contributed by atoms with Gasteiger partial charge in [-0.2, -0.15) is 0 Å². The van der Waals surface area contributed by atoms with Crippen LogP contribution in [0.3, 0.4) is 0 Å². The summed E-state index contributed by atoms with van der Waals surface area (Å²) in [5.41, 5.74) is 5.34. The lowest BCUT2D eigenvalue weighted by molar-refractivity contribution is -0.121. The van der Waals surface area contributed by atoms with Crippen molar-refractivity contribution in [1.82, 2.24) is 10.3 Å². The number of aliphatic hydroxyl groups is 1.